The molecule has 2 aromatic rings. The van der Waals surface area contributed by atoms with Gasteiger partial charge in [0.15, 0.2) is 0 Å². The molecule has 0 spiro atoms. The molecular weight excluding hydrogens is 233 g/mol. The van der Waals surface area contributed by atoms with Crippen molar-refractivity contribution in [3.05, 3.63) is 54.1 Å². The van der Waals surface area contributed by atoms with Crippen molar-refractivity contribution in [3.8, 4) is 11.1 Å². The molecule has 1 aromatic carbocycles. The number of hydrogen-bond donors (Lipinski definition) is 0. The molecule has 2 rings (SSSR count). The number of rotatable bonds is 3. The second kappa shape index (κ2) is 5.40. The van der Waals surface area contributed by atoms with Gasteiger partial charge in [0.2, 0.25) is 5.95 Å². The summed E-state index contributed by atoms with van der Waals surface area (Å²) >= 11 is 0. The highest BCUT2D eigenvalue weighted by Gasteiger charge is 2.08. The number of esters is 1. The van der Waals surface area contributed by atoms with E-state index in [1.54, 1.807) is 43.3 Å². The van der Waals surface area contributed by atoms with Crippen LogP contribution < -0.4 is 0 Å². The fraction of sp³-hybridized carbons (Fsp3) is 0.143. The lowest BCUT2D eigenvalue weighted by molar-refractivity contribution is 0.0526. The van der Waals surface area contributed by atoms with Crippen molar-refractivity contribution >= 4 is 5.97 Å². The van der Waals surface area contributed by atoms with Gasteiger partial charge >= 0.3 is 5.97 Å². The lowest BCUT2D eigenvalue weighted by atomic mass is 10.1. The van der Waals surface area contributed by atoms with Crippen LogP contribution in [0.4, 0.5) is 4.39 Å². The number of nitrogens with zero attached hydrogens (tertiary/aromatic N) is 1. The zero-order valence-corrected chi connectivity index (χ0v) is 9.89. The van der Waals surface area contributed by atoms with Crippen LogP contribution in [0.3, 0.4) is 0 Å². The number of halogens is 1. The maximum absolute atomic E-state index is 13.5. The van der Waals surface area contributed by atoms with Crippen molar-refractivity contribution in [3.63, 3.8) is 0 Å². The summed E-state index contributed by atoms with van der Waals surface area (Å²) in [6.07, 6.45) is 1.39. The van der Waals surface area contributed by atoms with Gasteiger partial charge in [-0.25, -0.2) is 9.78 Å². The number of carbonyl (C=O) groups excluding carboxylic acids is 1. The van der Waals surface area contributed by atoms with Crippen molar-refractivity contribution in [2.24, 2.45) is 0 Å². The topological polar surface area (TPSA) is 39.2 Å². The van der Waals surface area contributed by atoms with Crippen LogP contribution in [-0.2, 0) is 4.74 Å². The Morgan fingerprint density at radius 2 is 2.00 bits per heavy atom. The highest BCUT2D eigenvalue weighted by molar-refractivity contribution is 5.90. The van der Waals surface area contributed by atoms with E-state index >= 15 is 0 Å². The van der Waals surface area contributed by atoms with Gasteiger partial charge in [-0.1, -0.05) is 12.1 Å². The number of benzene rings is 1. The Bertz CT molecular complexity index is 552. The average Bonchev–Trinajstić information content (AvgIpc) is 2.40. The average molecular weight is 245 g/mol. The molecule has 18 heavy (non-hydrogen) atoms. The smallest absolute Gasteiger partial charge is 0.338 e. The van der Waals surface area contributed by atoms with Crippen LogP contribution in [0.15, 0.2) is 42.6 Å². The molecule has 0 amide bonds. The van der Waals surface area contributed by atoms with E-state index in [4.69, 9.17) is 4.74 Å². The van der Waals surface area contributed by atoms with Crippen LogP contribution in [0.25, 0.3) is 11.1 Å². The molecular formula is C14H12FNO2. The summed E-state index contributed by atoms with van der Waals surface area (Å²) in [5.41, 5.74) is 1.53. The Kier molecular flexibility index (Phi) is 3.67. The third-order valence-electron chi connectivity index (χ3n) is 2.47. The molecule has 0 N–H and O–H groups in total. The molecule has 0 aliphatic heterocycles. The minimum absolute atomic E-state index is 0.331. The summed E-state index contributed by atoms with van der Waals surface area (Å²) in [5.74, 6) is -0.905. The van der Waals surface area contributed by atoms with E-state index in [-0.39, 0.29) is 5.97 Å². The van der Waals surface area contributed by atoms with Crippen LogP contribution in [0.2, 0.25) is 0 Å². The molecule has 0 radical (unpaired) electrons. The summed E-state index contributed by atoms with van der Waals surface area (Å²) < 4.78 is 18.3. The van der Waals surface area contributed by atoms with Crippen LogP contribution in [-0.4, -0.2) is 17.6 Å². The summed E-state index contributed by atoms with van der Waals surface area (Å²) in [6.45, 7) is 2.08. The van der Waals surface area contributed by atoms with Gasteiger partial charge in [0.05, 0.1) is 12.2 Å². The lowest BCUT2D eigenvalue weighted by Gasteiger charge is -2.04. The largest absolute Gasteiger partial charge is 0.462 e. The summed E-state index contributed by atoms with van der Waals surface area (Å²) in [4.78, 5) is 15.0. The lowest BCUT2D eigenvalue weighted by Crippen LogP contribution is -2.04. The Morgan fingerprint density at radius 1 is 1.28 bits per heavy atom. The maximum atomic E-state index is 13.5. The van der Waals surface area contributed by atoms with Crippen molar-refractivity contribution < 1.29 is 13.9 Å². The highest BCUT2D eigenvalue weighted by atomic mass is 19.1. The number of aromatic nitrogens is 1. The van der Waals surface area contributed by atoms with E-state index in [0.29, 0.717) is 23.3 Å². The van der Waals surface area contributed by atoms with E-state index < -0.39 is 5.95 Å². The number of carbonyl (C=O) groups is 1. The molecule has 1 heterocycles. The molecule has 0 bridgehead atoms. The standard InChI is InChI=1S/C14H12FNO2/c1-2-18-14(17)11-7-5-10(6-8-11)12-4-3-9-16-13(12)15/h3-9H,2H2,1H3. The van der Waals surface area contributed by atoms with Crippen molar-refractivity contribution in [2.75, 3.05) is 6.61 Å². The molecule has 1 aromatic heterocycles. The molecule has 0 saturated heterocycles. The van der Waals surface area contributed by atoms with Crippen LogP contribution in [0.5, 0.6) is 0 Å². The second-order valence-electron chi connectivity index (χ2n) is 3.64. The second-order valence-corrected chi connectivity index (χ2v) is 3.64. The van der Waals surface area contributed by atoms with Gasteiger partial charge in [-0.2, -0.15) is 4.39 Å². The molecule has 0 saturated carbocycles. The third kappa shape index (κ3) is 2.53. The summed E-state index contributed by atoms with van der Waals surface area (Å²) in [6, 6.07) is 9.87. The zero-order valence-electron chi connectivity index (χ0n) is 9.89. The number of ether oxygens (including phenoxy) is 1. The molecule has 0 aliphatic carbocycles. The Labute approximate surface area is 104 Å². The normalized spacial score (nSPS) is 10.1. The highest BCUT2D eigenvalue weighted by Crippen LogP contribution is 2.21. The monoisotopic (exact) mass is 245 g/mol. The van der Waals surface area contributed by atoms with Gasteiger partial charge in [0, 0.05) is 11.8 Å². The first kappa shape index (κ1) is 12.2. The SMILES string of the molecule is CCOC(=O)c1ccc(-c2cccnc2F)cc1. The molecule has 0 aliphatic rings. The Morgan fingerprint density at radius 3 is 2.61 bits per heavy atom. The molecule has 0 unspecified atom stereocenters. The Balaban J connectivity index is 2.28. The predicted molar refractivity (Wildman–Crippen MR) is 65.6 cm³/mol. The molecule has 92 valence electrons. The Hall–Kier alpha value is -2.23. The summed E-state index contributed by atoms with van der Waals surface area (Å²) in [7, 11) is 0. The van der Waals surface area contributed by atoms with Gasteiger partial charge in [-0.15, -0.1) is 0 Å². The first-order valence-corrected chi connectivity index (χ1v) is 5.60. The molecule has 4 heteroatoms. The molecule has 0 atom stereocenters. The van der Waals surface area contributed by atoms with Crippen LogP contribution in [0, 0.1) is 5.95 Å². The van der Waals surface area contributed by atoms with Crippen molar-refractivity contribution in [2.45, 2.75) is 6.92 Å². The van der Waals surface area contributed by atoms with E-state index in [2.05, 4.69) is 4.98 Å². The minimum Gasteiger partial charge on any atom is -0.462 e. The summed E-state index contributed by atoms with van der Waals surface area (Å²) in [5, 5.41) is 0. The van der Waals surface area contributed by atoms with Gasteiger partial charge < -0.3 is 4.74 Å². The van der Waals surface area contributed by atoms with E-state index in [1.165, 1.54) is 6.20 Å². The van der Waals surface area contributed by atoms with Gasteiger partial charge in [-0.05, 0) is 36.8 Å². The van der Waals surface area contributed by atoms with Gasteiger partial charge in [0.25, 0.3) is 0 Å². The predicted octanol–water partition coefficient (Wildman–Crippen LogP) is 3.06. The quantitative estimate of drug-likeness (QED) is 0.616. The number of pyridine rings is 1. The van der Waals surface area contributed by atoms with Crippen LogP contribution in [0.1, 0.15) is 17.3 Å². The first-order chi connectivity index (χ1) is 8.72. The van der Waals surface area contributed by atoms with Crippen molar-refractivity contribution in [1.82, 2.24) is 4.98 Å². The maximum Gasteiger partial charge on any atom is 0.338 e. The van der Waals surface area contributed by atoms with E-state index in [1.807, 2.05) is 0 Å². The first-order valence-electron chi connectivity index (χ1n) is 5.60. The molecule has 3 nitrogen and oxygen atoms in total. The minimum atomic E-state index is -0.526. The zero-order chi connectivity index (χ0) is 13.0. The van der Waals surface area contributed by atoms with Crippen LogP contribution >= 0.6 is 0 Å². The van der Waals surface area contributed by atoms with Gasteiger partial charge in [0.1, 0.15) is 0 Å². The van der Waals surface area contributed by atoms with E-state index in [0.717, 1.165) is 0 Å². The fourth-order valence-electron chi connectivity index (χ4n) is 1.60. The van der Waals surface area contributed by atoms with Crippen molar-refractivity contribution in [1.29, 1.82) is 0 Å². The third-order valence-corrected chi connectivity index (χ3v) is 2.47. The van der Waals surface area contributed by atoms with Gasteiger partial charge in [-0.3, -0.25) is 0 Å². The number of hydrogen-bond acceptors (Lipinski definition) is 3. The van der Waals surface area contributed by atoms with E-state index in [9.17, 15) is 9.18 Å². The molecule has 0 fully saturated rings. The fourth-order valence-corrected chi connectivity index (χ4v) is 1.60.